The van der Waals surface area contributed by atoms with Crippen LogP contribution in [0, 0.1) is 0 Å². The summed E-state index contributed by atoms with van der Waals surface area (Å²) in [5, 5.41) is -6.61. The number of nitrogens with one attached hydrogen (secondary N) is 1. The van der Waals surface area contributed by atoms with E-state index in [0.29, 0.717) is 0 Å². The van der Waals surface area contributed by atoms with Gasteiger partial charge < -0.3 is 0 Å². The molecule has 0 aliphatic rings. The molecule has 0 aliphatic carbocycles. The Morgan fingerprint density at radius 2 is 1.14 bits per heavy atom. The van der Waals surface area contributed by atoms with Crippen LogP contribution in [-0.2, 0) is 10.1 Å². The van der Waals surface area contributed by atoms with Crippen LogP contribution in [-0.4, -0.2) is 30.3 Å². The van der Waals surface area contributed by atoms with Gasteiger partial charge in [0.25, 0.3) is 0 Å². The van der Waals surface area contributed by atoms with Gasteiger partial charge >= 0.3 is 27.5 Å². The van der Waals surface area contributed by atoms with Crippen LogP contribution in [0.4, 0.5) is 30.7 Å². The Labute approximate surface area is 161 Å². The fourth-order valence-corrected chi connectivity index (χ4v) is 2.44. The van der Waals surface area contributed by atoms with Crippen molar-refractivity contribution in [1.82, 2.24) is 5.43 Å². The van der Waals surface area contributed by atoms with Gasteiger partial charge in [0.05, 0.1) is 6.04 Å². The summed E-state index contributed by atoms with van der Waals surface area (Å²) in [5.74, 6) is -1.27. The maximum atomic E-state index is 11.9. The topological polar surface area (TPSA) is 92.4 Å². The van der Waals surface area contributed by atoms with Crippen molar-refractivity contribution < 1.29 is 43.7 Å². The highest BCUT2D eigenvalue weighted by atomic mass is 32.2. The third kappa shape index (κ3) is 5.65. The van der Waals surface area contributed by atoms with Crippen LogP contribution in [0.3, 0.4) is 0 Å². The van der Waals surface area contributed by atoms with Crippen molar-refractivity contribution in [2.24, 2.45) is 5.84 Å². The van der Waals surface area contributed by atoms with Crippen LogP contribution in [0.15, 0.2) is 60.7 Å². The lowest BCUT2D eigenvalue weighted by atomic mass is 10.00. The van der Waals surface area contributed by atoms with E-state index < -0.39 is 27.5 Å². The van der Waals surface area contributed by atoms with Gasteiger partial charge in [-0.25, -0.2) is 5.43 Å². The summed E-state index contributed by atoms with van der Waals surface area (Å²) in [4.78, 5) is 0. The number of nitrogens with two attached hydrogens (primary N) is 1. The molecule has 0 aromatic heterocycles. The smallest absolute Gasteiger partial charge is 0.281 e. The average molecular weight is 448 g/mol. The van der Waals surface area contributed by atoms with E-state index in [0.717, 1.165) is 0 Å². The molecule has 2 aromatic rings. The average Bonchev–Trinajstić information content (AvgIpc) is 2.63. The largest absolute Gasteiger partial charge is 0.461 e. The summed E-state index contributed by atoms with van der Waals surface area (Å²) in [6.07, 6.45) is -6.79. The Hall–Kier alpha value is -2.22. The van der Waals surface area contributed by atoms with Gasteiger partial charge in [0.15, 0.2) is 0 Å². The van der Waals surface area contributed by atoms with Crippen molar-refractivity contribution in [3.05, 3.63) is 71.8 Å². The first-order valence-corrected chi connectivity index (χ1v) is 8.96. The molecule has 5 nitrogen and oxygen atoms in total. The van der Waals surface area contributed by atoms with Crippen molar-refractivity contribution in [1.29, 1.82) is 0 Å². The summed E-state index contributed by atoms with van der Waals surface area (Å²) < 4.78 is 108. The van der Waals surface area contributed by atoms with Gasteiger partial charge in [0, 0.05) is 0 Å². The fraction of sp³-hybridized carbons (Fsp3) is 0.250. The zero-order valence-electron chi connectivity index (χ0n) is 14.2. The number of hydrogen-bond acceptors (Lipinski definition) is 4. The first-order chi connectivity index (χ1) is 13.2. The first kappa shape index (κ1) is 24.8. The number of hydrazine groups is 1. The Bertz CT molecular complexity index is 837. The molecule has 0 radical (unpaired) electrons. The lowest BCUT2D eigenvalue weighted by Gasteiger charge is -2.25. The fourth-order valence-electron chi connectivity index (χ4n) is 2.00. The van der Waals surface area contributed by atoms with Crippen molar-refractivity contribution >= 4 is 10.1 Å². The molecule has 2 aromatic carbocycles. The van der Waals surface area contributed by atoms with E-state index in [9.17, 15) is 39.2 Å². The quantitative estimate of drug-likeness (QED) is 0.279. The van der Waals surface area contributed by atoms with Crippen LogP contribution in [0.1, 0.15) is 17.2 Å². The van der Waals surface area contributed by atoms with E-state index in [4.69, 9.17) is 10.4 Å². The molecule has 4 N–H and O–H groups in total. The number of alkyl halides is 7. The molecule has 0 amide bonds. The highest BCUT2D eigenvalue weighted by Gasteiger charge is 2.78. The summed E-state index contributed by atoms with van der Waals surface area (Å²) in [6, 6.07) is 20.4. The molecule has 0 unspecified atom stereocenters. The second-order valence-electron chi connectivity index (χ2n) is 5.49. The number of hydrogen-bond donors (Lipinski definition) is 3. The predicted molar refractivity (Wildman–Crippen MR) is 89.5 cm³/mol. The SMILES string of the molecule is NNC(c1ccccc1)c1ccccc1.O=S(=O)(O)C(F)(F)C(F)(F)C(F)(F)F. The highest BCUT2D eigenvalue weighted by Crippen LogP contribution is 2.48. The van der Waals surface area contributed by atoms with Crippen LogP contribution in [0.25, 0.3) is 0 Å². The summed E-state index contributed by atoms with van der Waals surface area (Å²) >= 11 is 0. The minimum atomic E-state index is -6.85. The molecule has 0 fully saturated rings. The first-order valence-electron chi connectivity index (χ1n) is 7.52. The molecule has 162 valence electrons. The normalized spacial score (nSPS) is 13.0. The lowest BCUT2D eigenvalue weighted by Crippen LogP contribution is -2.55. The van der Waals surface area contributed by atoms with Crippen LogP contribution in [0.2, 0.25) is 0 Å². The summed E-state index contributed by atoms with van der Waals surface area (Å²) in [5.41, 5.74) is 5.18. The van der Waals surface area contributed by atoms with Crippen molar-refractivity contribution in [2.75, 3.05) is 0 Å². The molecule has 2 rings (SSSR count). The van der Waals surface area contributed by atoms with Crippen molar-refractivity contribution in [3.8, 4) is 0 Å². The van der Waals surface area contributed by atoms with Gasteiger partial charge in [0.2, 0.25) is 0 Å². The summed E-state index contributed by atoms with van der Waals surface area (Å²) in [7, 11) is -6.85. The van der Waals surface area contributed by atoms with E-state index >= 15 is 0 Å². The number of rotatable bonds is 5. The molecule has 0 saturated carbocycles. The van der Waals surface area contributed by atoms with Crippen LogP contribution in [0.5, 0.6) is 0 Å². The third-order valence-corrected chi connectivity index (χ3v) is 4.38. The van der Waals surface area contributed by atoms with E-state index in [2.05, 4.69) is 29.7 Å². The lowest BCUT2D eigenvalue weighted by molar-refractivity contribution is -0.333. The van der Waals surface area contributed by atoms with Gasteiger partial charge in [-0.15, -0.1) is 0 Å². The molecule has 0 spiro atoms. The molecular formula is C16H15F7N2O3S. The second-order valence-corrected chi connectivity index (χ2v) is 6.95. The van der Waals surface area contributed by atoms with E-state index in [1.54, 1.807) is 0 Å². The minimum absolute atomic E-state index is 0.0624. The van der Waals surface area contributed by atoms with Crippen molar-refractivity contribution in [3.63, 3.8) is 0 Å². The van der Waals surface area contributed by atoms with Crippen molar-refractivity contribution in [2.45, 2.75) is 23.4 Å². The molecular weight excluding hydrogens is 433 g/mol. The van der Waals surface area contributed by atoms with Gasteiger partial charge in [-0.2, -0.15) is 39.2 Å². The van der Waals surface area contributed by atoms with Gasteiger partial charge in [0.1, 0.15) is 0 Å². The van der Waals surface area contributed by atoms with Crippen LogP contribution >= 0.6 is 0 Å². The minimum Gasteiger partial charge on any atom is -0.281 e. The van der Waals surface area contributed by atoms with Crippen LogP contribution < -0.4 is 11.3 Å². The monoisotopic (exact) mass is 448 g/mol. The Morgan fingerprint density at radius 1 is 0.793 bits per heavy atom. The highest BCUT2D eigenvalue weighted by molar-refractivity contribution is 7.87. The van der Waals surface area contributed by atoms with Gasteiger partial charge in [-0.3, -0.25) is 10.4 Å². The summed E-state index contributed by atoms with van der Waals surface area (Å²) in [6.45, 7) is 0. The molecule has 0 saturated heterocycles. The zero-order chi connectivity index (χ0) is 22.5. The zero-order valence-corrected chi connectivity index (χ0v) is 15.1. The standard InChI is InChI=1S/C13H14N2.C3HF7O3S/c14-15-13(11-7-3-1-4-8-11)12-9-5-2-6-10-12;4-1(5,2(6,7)8)3(9,10)14(11,12)13/h1-10,13,15H,14H2;(H,11,12,13). The number of halogens is 7. The predicted octanol–water partition coefficient (Wildman–Crippen LogP) is 3.90. The molecule has 0 bridgehead atoms. The maximum absolute atomic E-state index is 11.9. The maximum Gasteiger partial charge on any atom is 0.461 e. The third-order valence-electron chi connectivity index (χ3n) is 3.48. The van der Waals surface area contributed by atoms with E-state index in [-0.39, 0.29) is 6.04 Å². The Balaban J connectivity index is 0.000000291. The van der Waals surface area contributed by atoms with E-state index in [1.165, 1.54) is 11.1 Å². The second kappa shape index (κ2) is 9.07. The Morgan fingerprint density at radius 3 is 1.34 bits per heavy atom. The molecule has 29 heavy (non-hydrogen) atoms. The number of benzene rings is 2. The molecule has 0 aliphatic heterocycles. The Kier molecular flexibility index (Phi) is 7.76. The van der Waals surface area contributed by atoms with Gasteiger partial charge in [-0.05, 0) is 11.1 Å². The van der Waals surface area contributed by atoms with Gasteiger partial charge in [-0.1, -0.05) is 60.7 Å². The molecule has 0 atom stereocenters. The van der Waals surface area contributed by atoms with E-state index in [1.807, 2.05) is 36.4 Å². The molecule has 13 heteroatoms. The molecule has 0 heterocycles.